The zero-order chi connectivity index (χ0) is 14.4. The molecule has 1 aliphatic heterocycles. The monoisotopic (exact) mass is 280 g/mol. The fraction of sp³-hybridized carbons (Fsp3) is 1.00. The van der Waals surface area contributed by atoms with Crippen molar-refractivity contribution in [2.75, 3.05) is 19.6 Å². The quantitative estimate of drug-likeness (QED) is 0.721. The summed E-state index contributed by atoms with van der Waals surface area (Å²) < 4.78 is 0. The lowest BCUT2D eigenvalue weighted by Gasteiger charge is -2.35. The Hall–Kier alpha value is -0.0800. The van der Waals surface area contributed by atoms with Crippen LogP contribution in [-0.2, 0) is 0 Å². The summed E-state index contributed by atoms with van der Waals surface area (Å²) >= 11 is 0. The van der Waals surface area contributed by atoms with Crippen molar-refractivity contribution in [1.82, 2.24) is 10.2 Å². The molecule has 20 heavy (non-hydrogen) atoms. The summed E-state index contributed by atoms with van der Waals surface area (Å²) in [6.45, 7) is 10.9. The Labute approximate surface area is 126 Å². The van der Waals surface area contributed by atoms with Crippen molar-refractivity contribution in [1.29, 1.82) is 0 Å². The van der Waals surface area contributed by atoms with Gasteiger partial charge in [0.05, 0.1) is 0 Å². The van der Waals surface area contributed by atoms with Gasteiger partial charge in [0, 0.05) is 18.6 Å². The van der Waals surface area contributed by atoms with Gasteiger partial charge in [0.25, 0.3) is 0 Å². The highest BCUT2D eigenvalue weighted by atomic mass is 15.2. The van der Waals surface area contributed by atoms with Crippen LogP contribution in [0.1, 0.15) is 72.1 Å². The van der Waals surface area contributed by atoms with Gasteiger partial charge in [-0.1, -0.05) is 40.0 Å². The van der Waals surface area contributed by atoms with E-state index in [1.807, 2.05) is 0 Å². The topological polar surface area (TPSA) is 15.3 Å². The number of hydrogen-bond donors (Lipinski definition) is 1. The Morgan fingerprint density at radius 1 is 1.10 bits per heavy atom. The van der Waals surface area contributed by atoms with Crippen LogP contribution in [0.5, 0.6) is 0 Å². The summed E-state index contributed by atoms with van der Waals surface area (Å²) in [6.07, 6.45) is 11.4. The predicted octanol–water partition coefficient (Wildman–Crippen LogP) is 4.06. The molecule has 0 aromatic rings. The van der Waals surface area contributed by atoms with E-state index in [0.717, 1.165) is 17.9 Å². The van der Waals surface area contributed by atoms with Crippen LogP contribution in [0.15, 0.2) is 0 Å². The second kappa shape index (κ2) is 8.38. The first-order chi connectivity index (χ1) is 9.76. The van der Waals surface area contributed by atoms with Gasteiger partial charge in [0.15, 0.2) is 0 Å². The smallest absolute Gasteiger partial charge is 0.0220 e. The second-order valence-corrected chi connectivity index (χ2v) is 7.20. The number of nitrogens with zero attached hydrogens (tertiary/aromatic N) is 1. The Bertz CT molecular complexity index is 260. The van der Waals surface area contributed by atoms with E-state index in [1.165, 1.54) is 71.0 Å². The van der Waals surface area contributed by atoms with E-state index in [4.69, 9.17) is 0 Å². The predicted molar refractivity (Wildman–Crippen MR) is 88.1 cm³/mol. The van der Waals surface area contributed by atoms with Crippen molar-refractivity contribution in [3.63, 3.8) is 0 Å². The Morgan fingerprint density at radius 2 is 1.85 bits per heavy atom. The normalized spacial score (nSPS) is 28.1. The fourth-order valence-corrected chi connectivity index (χ4v) is 4.27. The molecule has 0 amide bonds. The van der Waals surface area contributed by atoms with Gasteiger partial charge in [-0.3, -0.25) is 4.90 Å². The molecular formula is C18H36N2. The highest BCUT2D eigenvalue weighted by Crippen LogP contribution is 2.35. The maximum Gasteiger partial charge on any atom is 0.0220 e. The Kier molecular flexibility index (Phi) is 6.83. The lowest BCUT2D eigenvalue weighted by Crippen LogP contribution is -2.47. The van der Waals surface area contributed by atoms with Gasteiger partial charge in [-0.25, -0.2) is 0 Å². The van der Waals surface area contributed by atoms with Crippen molar-refractivity contribution in [3.05, 3.63) is 0 Å². The molecule has 0 spiro atoms. The first-order valence-electron chi connectivity index (χ1n) is 9.23. The molecular weight excluding hydrogens is 244 g/mol. The second-order valence-electron chi connectivity index (χ2n) is 7.20. The average Bonchev–Trinajstić information content (AvgIpc) is 3.12. The molecule has 3 atom stereocenters. The fourth-order valence-electron chi connectivity index (χ4n) is 4.27. The van der Waals surface area contributed by atoms with Gasteiger partial charge in [-0.05, 0) is 57.0 Å². The summed E-state index contributed by atoms with van der Waals surface area (Å²) in [6, 6.07) is 1.61. The number of rotatable bonds is 8. The average molecular weight is 280 g/mol. The van der Waals surface area contributed by atoms with Crippen LogP contribution in [-0.4, -0.2) is 36.6 Å². The molecule has 2 nitrogen and oxygen atoms in total. The molecule has 1 aliphatic carbocycles. The summed E-state index contributed by atoms with van der Waals surface area (Å²) in [5, 5.41) is 3.82. The summed E-state index contributed by atoms with van der Waals surface area (Å²) in [5.41, 5.74) is 0. The third-order valence-corrected chi connectivity index (χ3v) is 5.78. The molecule has 1 heterocycles. The molecule has 0 aromatic carbocycles. The van der Waals surface area contributed by atoms with E-state index in [9.17, 15) is 0 Å². The molecule has 2 rings (SSSR count). The molecule has 118 valence electrons. The highest BCUT2D eigenvalue weighted by molar-refractivity contribution is 4.90. The van der Waals surface area contributed by atoms with Crippen molar-refractivity contribution in [2.45, 2.75) is 84.2 Å². The van der Waals surface area contributed by atoms with Crippen LogP contribution in [0.3, 0.4) is 0 Å². The van der Waals surface area contributed by atoms with Gasteiger partial charge in [-0.15, -0.1) is 0 Å². The van der Waals surface area contributed by atoms with E-state index in [0.29, 0.717) is 6.04 Å². The highest BCUT2D eigenvalue weighted by Gasteiger charge is 2.34. The molecule has 0 aromatic heterocycles. The maximum atomic E-state index is 3.82. The zero-order valence-electron chi connectivity index (χ0n) is 14.0. The number of nitrogens with one attached hydrogen (secondary N) is 1. The summed E-state index contributed by atoms with van der Waals surface area (Å²) in [4.78, 5) is 2.84. The van der Waals surface area contributed by atoms with Crippen LogP contribution >= 0.6 is 0 Å². The molecule has 1 N–H and O–H groups in total. The van der Waals surface area contributed by atoms with Crippen molar-refractivity contribution < 1.29 is 0 Å². The standard InChI is InChI=1S/C18H36N2/c1-4-12-19-17(15(3)5-2)14-20-13-8-11-18(20)16-9-6-7-10-16/h15-19H,4-14H2,1-3H3. The minimum absolute atomic E-state index is 0.696. The Morgan fingerprint density at radius 3 is 2.50 bits per heavy atom. The zero-order valence-corrected chi connectivity index (χ0v) is 14.0. The van der Waals surface area contributed by atoms with Crippen molar-refractivity contribution in [2.24, 2.45) is 11.8 Å². The number of hydrogen-bond acceptors (Lipinski definition) is 2. The van der Waals surface area contributed by atoms with E-state index in [2.05, 4.69) is 31.0 Å². The minimum atomic E-state index is 0.696. The molecule has 3 unspecified atom stereocenters. The molecule has 1 saturated carbocycles. The van der Waals surface area contributed by atoms with Crippen molar-refractivity contribution in [3.8, 4) is 0 Å². The van der Waals surface area contributed by atoms with Crippen LogP contribution in [0.4, 0.5) is 0 Å². The van der Waals surface area contributed by atoms with Crippen LogP contribution in [0.2, 0.25) is 0 Å². The molecule has 2 fully saturated rings. The number of likely N-dealkylation sites (tertiary alicyclic amines) is 1. The van der Waals surface area contributed by atoms with E-state index in [1.54, 1.807) is 0 Å². The SMILES string of the molecule is CCCNC(CN1CCCC1C1CCCC1)C(C)CC. The third kappa shape index (κ3) is 4.21. The minimum Gasteiger partial charge on any atom is -0.312 e. The first kappa shape index (κ1) is 16.3. The van der Waals surface area contributed by atoms with Gasteiger partial charge < -0.3 is 5.32 Å². The van der Waals surface area contributed by atoms with Crippen molar-refractivity contribution >= 4 is 0 Å². The maximum absolute atomic E-state index is 3.82. The largest absolute Gasteiger partial charge is 0.312 e. The third-order valence-electron chi connectivity index (χ3n) is 5.78. The van der Waals surface area contributed by atoms with Crippen LogP contribution in [0, 0.1) is 11.8 Å². The van der Waals surface area contributed by atoms with Gasteiger partial charge in [-0.2, -0.15) is 0 Å². The lowest BCUT2D eigenvalue weighted by molar-refractivity contribution is 0.156. The van der Waals surface area contributed by atoms with Gasteiger partial charge >= 0.3 is 0 Å². The molecule has 1 saturated heterocycles. The lowest BCUT2D eigenvalue weighted by atomic mass is 9.94. The van der Waals surface area contributed by atoms with Gasteiger partial charge in [0.1, 0.15) is 0 Å². The molecule has 2 heteroatoms. The Balaban J connectivity index is 1.89. The van der Waals surface area contributed by atoms with E-state index in [-0.39, 0.29) is 0 Å². The molecule has 0 bridgehead atoms. The summed E-state index contributed by atoms with van der Waals surface area (Å²) in [7, 11) is 0. The van der Waals surface area contributed by atoms with Gasteiger partial charge in [0.2, 0.25) is 0 Å². The van der Waals surface area contributed by atoms with E-state index < -0.39 is 0 Å². The molecule has 0 radical (unpaired) electrons. The van der Waals surface area contributed by atoms with Crippen LogP contribution in [0.25, 0.3) is 0 Å². The molecule has 2 aliphatic rings. The summed E-state index contributed by atoms with van der Waals surface area (Å²) in [5.74, 6) is 1.81. The first-order valence-corrected chi connectivity index (χ1v) is 9.23. The van der Waals surface area contributed by atoms with E-state index >= 15 is 0 Å². The van der Waals surface area contributed by atoms with Crippen LogP contribution < -0.4 is 5.32 Å².